The smallest absolute Gasteiger partial charge is 0.303 e. The highest BCUT2D eigenvalue weighted by Gasteiger charge is 2.42. The van der Waals surface area contributed by atoms with Gasteiger partial charge < -0.3 is 24.6 Å². The number of rotatable bonds is 9. The van der Waals surface area contributed by atoms with Gasteiger partial charge in [0.2, 0.25) is 12.2 Å². The number of carbonyl (C=O) groups excluding carboxylic acids is 4. The predicted octanol–water partition coefficient (Wildman–Crippen LogP) is 1.90. The summed E-state index contributed by atoms with van der Waals surface area (Å²) in [5.74, 6) is -4.56. The number of nitrogens with one attached hydrogen (secondary N) is 1. The molecule has 3 rings (SSSR count). The summed E-state index contributed by atoms with van der Waals surface area (Å²) in [6.07, 6.45) is -2.85. The lowest BCUT2D eigenvalue weighted by Gasteiger charge is -2.38. The highest BCUT2D eigenvalue weighted by molar-refractivity contribution is 7.09. The van der Waals surface area contributed by atoms with E-state index in [1.165, 1.54) is 22.3 Å². The number of hydrogen-bond acceptors (Lipinski definition) is 8. The molecular weight excluding hydrogens is 496 g/mol. The van der Waals surface area contributed by atoms with Gasteiger partial charge in [-0.25, -0.2) is 8.78 Å². The first-order valence-electron chi connectivity index (χ1n) is 11.3. The van der Waals surface area contributed by atoms with Crippen LogP contribution in [-0.2, 0) is 35.1 Å². The Morgan fingerprint density at radius 2 is 1.67 bits per heavy atom. The zero-order valence-electron chi connectivity index (χ0n) is 19.9. The normalized spacial score (nSPS) is 15.1. The molecule has 1 aromatic carbocycles. The standard InChI is InChI=1S/C24H27F2N3O6S/c1-15(30)34-21(23(32)27-8-7-18-4-3-13-36-18)22(35-16(2)31)24(33)29-11-9-28(10-12-29)20-6-5-17(25)14-19(20)26/h3-6,13-14,21-22H,7-12H2,1-2H3,(H,27,32)/t21-,22-/m1/s1. The number of halogens is 2. The minimum absolute atomic E-state index is 0.111. The highest BCUT2D eigenvalue weighted by Crippen LogP contribution is 2.22. The van der Waals surface area contributed by atoms with Crippen LogP contribution in [0.15, 0.2) is 35.7 Å². The number of ether oxygens (including phenoxy) is 2. The van der Waals surface area contributed by atoms with Gasteiger partial charge in [-0.3, -0.25) is 19.2 Å². The summed E-state index contributed by atoms with van der Waals surface area (Å²) in [7, 11) is 0. The number of carbonyl (C=O) groups is 4. The highest BCUT2D eigenvalue weighted by atomic mass is 32.1. The van der Waals surface area contributed by atoms with E-state index in [9.17, 15) is 28.0 Å². The van der Waals surface area contributed by atoms with Crippen LogP contribution in [0.4, 0.5) is 14.5 Å². The fourth-order valence-corrected chi connectivity index (χ4v) is 4.51. The second kappa shape index (κ2) is 12.4. The van der Waals surface area contributed by atoms with E-state index in [4.69, 9.17) is 9.47 Å². The SMILES string of the molecule is CC(=O)O[C@@H](C(=O)NCCc1cccs1)[C@@H](OC(C)=O)C(=O)N1CCN(c2ccc(F)cc2F)CC1. The summed E-state index contributed by atoms with van der Waals surface area (Å²) in [6, 6.07) is 7.03. The van der Waals surface area contributed by atoms with Gasteiger partial charge in [-0.1, -0.05) is 6.07 Å². The maximum absolute atomic E-state index is 14.2. The van der Waals surface area contributed by atoms with Crippen LogP contribution < -0.4 is 10.2 Å². The molecule has 194 valence electrons. The Morgan fingerprint density at radius 3 is 2.25 bits per heavy atom. The Labute approximate surface area is 211 Å². The van der Waals surface area contributed by atoms with Gasteiger partial charge in [0.05, 0.1) is 5.69 Å². The van der Waals surface area contributed by atoms with E-state index in [0.29, 0.717) is 6.42 Å². The van der Waals surface area contributed by atoms with Crippen LogP contribution in [0.2, 0.25) is 0 Å². The van der Waals surface area contributed by atoms with Crippen LogP contribution >= 0.6 is 11.3 Å². The van der Waals surface area contributed by atoms with E-state index in [1.54, 1.807) is 4.90 Å². The third-order valence-electron chi connectivity index (χ3n) is 5.46. The molecule has 1 saturated heterocycles. The lowest BCUT2D eigenvalue weighted by Crippen LogP contribution is -2.57. The molecule has 0 radical (unpaired) electrons. The van der Waals surface area contributed by atoms with Crippen molar-refractivity contribution in [3.05, 3.63) is 52.2 Å². The van der Waals surface area contributed by atoms with Gasteiger partial charge >= 0.3 is 11.9 Å². The predicted molar refractivity (Wildman–Crippen MR) is 127 cm³/mol. The van der Waals surface area contributed by atoms with Gasteiger partial charge in [-0.15, -0.1) is 11.3 Å². The summed E-state index contributed by atoms with van der Waals surface area (Å²) in [6.45, 7) is 3.03. The van der Waals surface area contributed by atoms with Crippen molar-refractivity contribution in [2.75, 3.05) is 37.6 Å². The van der Waals surface area contributed by atoms with Crippen LogP contribution in [0.3, 0.4) is 0 Å². The number of thiophene rings is 1. The number of nitrogens with zero attached hydrogens (tertiary/aromatic N) is 2. The summed E-state index contributed by atoms with van der Waals surface area (Å²) in [4.78, 5) is 53.7. The first-order chi connectivity index (χ1) is 17.2. The molecule has 0 spiro atoms. The molecule has 1 aliphatic rings. The number of hydrogen-bond donors (Lipinski definition) is 1. The molecule has 1 aromatic heterocycles. The molecule has 0 aliphatic carbocycles. The number of esters is 2. The van der Waals surface area contributed by atoms with Crippen molar-refractivity contribution < 1.29 is 37.4 Å². The van der Waals surface area contributed by atoms with Crippen molar-refractivity contribution in [2.45, 2.75) is 32.5 Å². The molecule has 2 aromatic rings. The number of benzene rings is 1. The first-order valence-corrected chi connectivity index (χ1v) is 12.2. The molecule has 1 aliphatic heterocycles. The lowest BCUT2D eigenvalue weighted by atomic mass is 10.1. The quantitative estimate of drug-likeness (QED) is 0.501. The molecule has 2 atom stereocenters. The zero-order valence-corrected chi connectivity index (χ0v) is 20.7. The molecule has 0 saturated carbocycles. The van der Waals surface area contributed by atoms with E-state index in [0.717, 1.165) is 30.9 Å². The van der Waals surface area contributed by atoms with E-state index in [2.05, 4.69) is 5.32 Å². The molecule has 2 heterocycles. The van der Waals surface area contributed by atoms with E-state index >= 15 is 0 Å². The molecule has 2 amide bonds. The third-order valence-corrected chi connectivity index (χ3v) is 6.39. The van der Waals surface area contributed by atoms with Gasteiger partial charge in [0.15, 0.2) is 0 Å². The molecule has 1 fully saturated rings. The summed E-state index contributed by atoms with van der Waals surface area (Å²) >= 11 is 1.52. The maximum atomic E-state index is 14.2. The van der Waals surface area contributed by atoms with Crippen molar-refractivity contribution in [1.82, 2.24) is 10.2 Å². The Kier molecular flexibility index (Phi) is 9.34. The van der Waals surface area contributed by atoms with E-state index in [1.807, 2.05) is 17.5 Å². The van der Waals surface area contributed by atoms with Crippen LogP contribution in [0.5, 0.6) is 0 Å². The van der Waals surface area contributed by atoms with Crippen molar-refractivity contribution in [1.29, 1.82) is 0 Å². The average molecular weight is 524 g/mol. The average Bonchev–Trinajstić information content (AvgIpc) is 3.34. The summed E-state index contributed by atoms with van der Waals surface area (Å²) in [5, 5.41) is 4.53. The summed E-state index contributed by atoms with van der Waals surface area (Å²) in [5.41, 5.74) is 0.197. The second-order valence-corrected chi connectivity index (χ2v) is 9.12. The lowest BCUT2D eigenvalue weighted by molar-refractivity contribution is -0.178. The molecule has 1 N–H and O–H groups in total. The Morgan fingerprint density at radius 1 is 1.00 bits per heavy atom. The minimum Gasteiger partial charge on any atom is -0.448 e. The number of anilines is 1. The Balaban J connectivity index is 1.69. The Hall–Kier alpha value is -3.54. The molecule has 0 unspecified atom stereocenters. The maximum Gasteiger partial charge on any atom is 0.303 e. The van der Waals surface area contributed by atoms with Crippen molar-refractivity contribution in [3.8, 4) is 0 Å². The van der Waals surface area contributed by atoms with Gasteiger partial charge in [-0.05, 0) is 30.0 Å². The van der Waals surface area contributed by atoms with Crippen LogP contribution in [-0.4, -0.2) is 73.6 Å². The zero-order chi connectivity index (χ0) is 26.2. The topological polar surface area (TPSA) is 105 Å². The molecular formula is C24H27F2N3O6S. The third kappa shape index (κ3) is 7.23. The van der Waals surface area contributed by atoms with Crippen LogP contribution in [0.25, 0.3) is 0 Å². The van der Waals surface area contributed by atoms with Crippen molar-refractivity contribution in [3.63, 3.8) is 0 Å². The van der Waals surface area contributed by atoms with Crippen molar-refractivity contribution >= 4 is 40.8 Å². The monoisotopic (exact) mass is 523 g/mol. The largest absolute Gasteiger partial charge is 0.448 e. The van der Waals surface area contributed by atoms with Crippen LogP contribution in [0, 0.1) is 11.6 Å². The number of amides is 2. The van der Waals surface area contributed by atoms with Gasteiger partial charge in [0, 0.05) is 57.5 Å². The molecule has 12 heteroatoms. The minimum atomic E-state index is -1.69. The fourth-order valence-electron chi connectivity index (χ4n) is 3.80. The van der Waals surface area contributed by atoms with E-state index < -0.39 is 47.6 Å². The molecule has 0 bridgehead atoms. The summed E-state index contributed by atoms with van der Waals surface area (Å²) < 4.78 is 37.7. The second-order valence-electron chi connectivity index (χ2n) is 8.09. The van der Waals surface area contributed by atoms with Crippen LogP contribution in [0.1, 0.15) is 18.7 Å². The van der Waals surface area contributed by atoms with Gasteiger partial charge in [0.25, 0.3) is 11.8 Å². The molecule has 36 heavy (non-hydrogen) atoms. The number of piperazine rings is 1. The Bertz CT molecular complexity index is 1090. The first kappa shape index (κ1) is 27.1. The van der Waals surface area contributed by atoms with Gasteiger partial charge in [0.1, 0.15) is 11.6 Å². The van der Waals surface area contributed by atoms with E-state index in [-0.39, 0.29) is 38.4 Å². The fraction of sp³-hybridized carbons (Fsp3) is 0.417. The van der Waals surface area contributed by atoms with Gasteiger partial charge in [-0.2, -0.15) is 0 Å². The molecule has 9 nitrogen and oxygen atoms in total. The van der Waals surface area contributed by atoms with Crippen molar-refractivity contribution in [2.24, 2.45) is 0 Å².